The van der Waals surface area contributed by atoms with Crippen LogP contribution >= 0.6 is 0 Å². The van der Waals surface area contributed by atoms with Gasteiger partial charge in [-0.05, 0) is 36.2 Å². The van der Waals surface area contributed by atoms with Gasteiger partial charge in [0.15, 0.2) is 11.2 Å². The molecule has 2 heterocycles. The molecule has 0 spiro atoms. The lowest BCUT2D eigenvalue weighted by Gasteiger charge is -2.07. The number of aromatic amines is 1. The maximum absolute atomic E-state index is 12.6. The molecule has 0 saturated heterocycles. The summed E-state index contributed by atoms with van der Waals surface area (Å²) in [6, 6.07) is 14.7. The highest BCUT2D eigenvalue weighted by atomic mass is 16.5. The lowest BCUT2D eigenvalue weighted by Crippen LogP contribution is -2.25. The lowest BCUT2D eigenvalue weighted by molar-refractivity contribution is 0.0947. The van der Waals surface area contributed by atoms with Crippen LogP contribution in [0.2, 0.25) is 0 Å². The molecular formula is C20H19N5O3. The number of carbonyl (C=O) groups is 1. The molecule has 0 aliphatic heterocycles. The zero-order valence-electron chi connectivity index (χ0n) is 15.3. The molecule has 0 unspecified atom stereocenters. The van der Waals surface area contributed by atoms with Crippen molar-refractivity contribution in [1.29, 1.82) is 0 Å². The maximum Gasteiger partial charge on any atom is 0.277 e. The Morgan fingerprint density at radius 3 is 2.75 bits per heavy atom. The van der Waals surface area contributed by atoms with E-state index in [2.05, 4.69) is 20.6 Å². The first-order chi connectivity index (χ1) is 13.7. The number of hydrogen-bond acceptors (Lipinski definition) is 5. The number of hydrogen-bond donors (Lipinski definition) is 2. The second-order valence-corrected chi connectivity index (χ2v) is 6.34. The van der Waals surface area contributed by atoms with Crippen LogP contribution in [0.5, 0.6) is 5.75 Å². The van der Waals surface area contributed by atoms with E-state index >= 15 is 0 Å². The van der Waals surface area contributed by atoms with Gasteiger partial charge in [0.05, 0.1) is 17.6 Å². The highest BCUT2D eigenvalue weighted by molar-refractivity contribution is 5.99. The van der Waals surface area contributed by atoms with E-state index in [9.17, 15) is 9.59 Å². The van der Waals surface area contributed by atoms with Crippen LogP contribution in [0.25, 0.3) is 16.6 Å². The Bertz CT molecular complexity index is 1190. The van der Waals surface area contributed by atoms with Crippen molar-refractivity contribution in [2.75, 3.05) is 6.61 Å². The topological polar surface area (TPSA) is 101 Å². The third-order valence-electron chi connectivity index (χ3n) is 4.33. The van der Waals surface area contributed by atoms with Gasteiger partial charge in [0, 0.05) is 6.54 Å². The summed E-state index contributed by atoms with van der Waals surface area (Å²) in [5, 5.41) is 10.7. The molecule has 4 rings (SSSR count). The number of H-pyrrole nitrogens is 1. The molecule has 0 bridgehead atoms. The molecule has 28 heavy (non-hydrogen) atoms. The van der Waals surface area contributed by atoms with Gasteiger partial charge in [-0.1, -0.05) is 36.4 Å². The Hall–Kier alpha value is -3.68. The number of ether oxygens (including phenoxy) is 1. The van der Waals surface area contributed by atoms with E-state index in [1.165, 1.54) is 4.52 Å². The minimum absolute atomic E-state index is 0.00472. The quantitative estimate of drug-likeness (QED) is 0.537. The fourth-order valence-electron chi connectivity index (χ4n) is 2.94. The summed E-state index contributed by atoms with van der Waals surface area (Å²) in [4.78, 5) is 27.8. The summed E-state index contributed by atoms with van der Waals surface area (Å²) >= 11 is 0. The molecule has 0 aliphatic rings. The Labute approximate surface area is 160 Å². The van der Waals surface area contributed by atoms with Crippen LogP contribution in [0.1, 0.15) is 29.4 Å². The minimum Gasteiger partial charge on any atom is -0.494 e. The van der Waals surface area contributed by atoms with Gasteiger partial charge in [-0.15, -0.1) is 5.10 Å². The number of amides is 1. The van der Waals surface area contributed by atoms with E-state index in [0.29, 0.717) is 24.2 Å². The molecule has 2 aromatic carbocycles. The Morgan fingerprint density at radius 1 is 1.18 bits per heavy atom. The smallest absolute Gasteiger partial charge is 0.277 e. The van der Waals surface area contributed by atoms with Crippen LogP contribution in [-0.4, -0.2) is 32.3 Å². The van der Waals surface area contributed by atoms with Crippen molar-refractivity contribution in [2.24, 2.45) is 0 Å². The van der Waals surface area contributed by atoms with Gasteiger partial charge in [0.25, 0.3) is 11.5 Å². The zero-order chi connectivity index (χ0) is 19.5. The fraction of sp³-hybridized carbons (Fsp3) is 0.200. The minimum atomic E-state index is -0.456. The number of para-hydroxylation sites is 2. The second-order valence-electron chi connectivity index (χ2n) is 6.34. The molecule has 0 fully saturated rings. The predicted octanol–water partition coefficient (Wildman–Crippen LogP) is 2.29. The molecule has 0 radical (unpaired) electrons. The van der Waals surface area contributed by atoms with Gasteiger partial charge in [-0.3, -0.25) is 9.59 Å². The number of nitrogens with zero attached hydrogens (tertiary/aromatic N) is 3. The van der Waals surface area contributed by atoms with Crippen molar-refractivity contribution in [3.63, 3.8) is 0 Å². The Balaban J connectivity index is 1.54. The van der Waals surface area contributed by atoms with Gasteiger partial charge in [-0.2, -0.15) is 0 Å². The van der Waals surface area contributed by atoms with Crippen LogP contribution in [0.4, 0.5) is 0 Å². The maximum atomic E-state index is 12.6. The summed E-state index contributed by atoms with van der Waals surface area (Å²) < 4.78 is 6.94. The highest BCUT2D eigenvalue weighted by Crippen LogP contribution is 2.14. The number of nitrogens with one attached hydrogen (secondary N) is 2. The van der Waals surface area contributed by atoms with Crippen LogP contribution in [-0.2, 0) is 6.54 Å². The van der Waals surface area contributed by atoms with Crippen molar-refractivity contribution in [1.82, 2.24) is 25.1 Å². The number of benzene rings is 2. The molecule has 4 aromatic rings. The Morgan fingerprint density at radius 2 is 1.96 bits per heavy atom. The average molecular weight is 377 g/mol. The van der Waals surface area contributed by atoms with Crippen molar-refractivity contribution in [2.45, 2.75) is 19.9 Å². The van der Waals surface area contributed by atoms with Gasteiger partial charge >= 0.3 is 0 Å². The number of fused-ring (bicyclic) bond motifs is 3. The van der Waals surface area contributed by atoms with E-state index in [1.54, 1.807) is 12.1 Å². The van der Waals surface area contributed by atoms with E-state index in [-0.39, 0.29) is 11.2 Å². The first kappa shape index (κ1) is 17.7. The molecular weight excluding hydrogens is 358 g/mol. The van der Waals surface area contributed by atoms with Crippen LogP contribution in [0.3, 0.4) is 0 Å². The molecule has 8 heteroatoms. The van der Waals surface area contributed by atoms with E-state index in [0.717, 1.165) is 17.7 Å². The molecule has 2 aromatic heterocycles. The van der Waals surface area contributed by atoms with Crippen molar-refractivity contribution in [3.8, 4) is 5.75 Å². The summed E-state index contributed by atoms with van der Waals surface area (Å²) in [5.41, 5.74) is 1.92. The average Bonchev–Trinajstić information content (AvgIpc) is 3.18. The van der Waals surface area contributed by atoms with Gasteiger partial charge in [0.2, 0.25) is 0 Å². The summed E-state index contributed by atoms with van der Waals surface area (Å²) in [6.45, 7) is 3.02. The number of rotatable bonds is 6. The predicted molar refractivity (Wildman–Crippen MR) is 105 cm³/mol. The van der Waals surface area contributed by atoms with Gasteiger partial charge < -0.3 is 15.0 Å². The standard InChI is InChI=1S/C20H19N5O3/c1-2-11-28-14-9-7-13(8-10-14)12-21-19(26)17-18-20(27)22-15-5-3-4-6-16(15)25(18)24-23-17/h3-10H,2,11-12H2,1H3,(H,21,26)(H,22,27). The van der Waals surface area contributed by atoms with Gasteiger partial charge in [0.1, 0.15) is 5.75 Å². The largest absolute Gasteiger partial charge is 0.494 e. The molecule has 0 aliphatic carbocycles. The van der Waals surface area contributed by atoms with E-state index < -0.39 is 11.5 Å². The third-order valence-corrected chi connectivity index (χ3v) is 4.33. The van der Waals surface area contributed by atoms with Crippen molar-refractivity contribution < 1.29 is 9.53 Å². The number of aromatic nitrogens is 4. The normalized spacial score (nSPS) is 11.0. The first-order valence-electron chi connectivity index (χ1n) is 9.03. The zero-order valence-corrected chi connectivity index (χ0v) is 15.3. The highest BCUT2D eigenvalue weighted by Gasteiger charge is 2.19. The van der Waals surface area contributed by atoms with Crippen molar-refractivity contribution in [3.05, 3.63) is 70.1 Å². The lowest BCUT2D eigenvalue weighted by atomic mass is 10.2. The molecule has 0 atom stereocenters. The molecule has 1 amide bonds. The Kier molecular flexibility index (Phi) is 4.76. The van der Waals surface area contributed by atoms with Crippen LogP contribution in [0.15, 0.2) is 53.3 Å². The van der Waals surface area contributed by atoms with Crippen molar-refractivity contribution >= 4 is 22.5 Å². The summed E-state index contributed by atoms with van der Waals surface area (Å²) in [5.74, 6) is 0.335. The second kappa shape index (κ2) is 7.51. The molecule has 0 saturated carbocycles. The van der Waals surface area contributed by atoms with E-state index in [1.807, 2.05) is 43.3 Å². The fourth-order valence-corrected chi connectivity index (χ4v) is 2.94. The third kappa shape index (κ3) is 3.32. The summed E-state index contributed by atoms with van der Waals surface area (Å²) in [6.07, 6.45) is 0.943. The molecule has 8 nitrogen and oxygen atoms in total. The van der Waals surface area contributed by atoms with Gasteiger partial charge in [-0.25, -0.2) is 4.52 Å². The van der Waals surface area contributed by atoms with E-state index in [4.69, 9.17) is 4.74 Å². The van der Waals surface area contributed by atoms with Crippen LogP contribution < -0.4 is 15.6 Å². The van der Waals surface area contributed by atoms with Crippen LogP contribution in [0, 0.1) is 0 Å². The first-order valence-corrected chi connectivity index (χ1v) is 9.03. The molecule has 2 N–H and O–H groups in total. The monoisotopic (exact) mass is 377 g/mol. The number of carbonyl (C=O) groups excluding carboxylic acids is 1. The molecule has 142 valence electrons. The summed E-state index contributed by atoms with van der Waals surface area (Å²) in [7, 11) is 0. The SMILES string of the molecule is CCCOc1ccc(CNC(=O)c2nnn3c2c(=O)[nH]c2ccccc23)cc1.